The largest absolute Gasteiger partial charge is 0.339 e. The number of piperidine rings is 1. The van der Waals surface area contributed by atoms with Gasteiger partial charge in [0.05, 0.1) is 6.07 Å². The molecule has 0 N–H and O–H groups in total. The highest BCUT2D eigenvalue weighted by atomic mass is 16.2. The monoisotopic (exact) mass is 222 g/mol. The number of hydrogen-bond donors (Lipinski definition) is 0. The molecule has 1 heterocycles. The lowest BCUT2D eigenvalue weighted by atomic mass is 9.89. The summed E-state index contributed by atoms with van der Waals surface area (Å²) in [6.45, 7) is 8.96. The van der Waals surface area contributed by atoms with Gasteiger partial charge in [-0.2, -0.15) is 5.26 Å². The molecule has 0 aromatic carbocycles. The van der Waals surface area contributed by atoms with E-state index in [1.165, 1.54) is 6.42 Å². The van der Waals surface area contributed by atoms with Crippen LogP contribution < -0.4 is 0 Å². The zero-order valence-corrected chi connectivity index (χ0v) is 10.7. The minimum atomic E-state index is -0.479. The van der Waals surface area contributed by atoms with E-state index in [4.69, 9.17) is 5.26 Å². The average Bonchev–Trinajstić information content (AvgIpc) is 2.22. The van der Waals surface area contributed by atoms with Crippen LogP contribution >= 0.6 is 0 Å². The van der Waals surface area contributed by atoms with Crippen molar-refractivity contribution in [2.45, 2.75) is 46.6 Å². The van der Waals surface area contributed by atoms with E-state index in [1.54, 1.807) is 0 Å². The fourth-order valence-electron chi connectivity index (χ4n) is 2.31. The smallest absolute Gasteiger partial charge is 0.240 e. The molecule has 0 aromatic heterocycles. The molecule has 3 nitrogen and oxygen atoms in total. The molecule has 1 saturated heterocycles. The maximum absolute atomic E-state index is 12.2. The van der Waals surface area contributed by atoms with E-state index < -0.39 is 5.92 Å². The number of rotatable bonds is 2. The predicted molar refractivity (Wildman–Crippen MR) is 63.5 cm³/mol. The molecule has 0 saturated carbocycles. The number of hydrogen-bond acceptors (Lipinski definition) is 2. The van der Waals surface area contributed by atoms with Crippen LogP contribution in [0.3, 0.4) is 0 Å². The summed E-state index contributed by atoms with van der Waals surface area (Å²) in [4.78, 5) is 14.1. The summed E-state index contributed by atoms with van der Waals surface area (Å²) in [7, 11) is 0. The molecule has 1 fully saturated rings. The van der Waals surface area contributed by atoms with Gasteiger partial charge in [0.2, 0.25) is 5.91 Å². The van der Waals surface area contributed by atoms with Gasteiger partial charge in [-0.1, -0.05) is 20.8 Å². The molecule has 0 aromatic rings. The second kappa shape index (κ2) is 5.34. The molecule has 0 spiro atoms. The van der Waals surface area contributed by atoms with Gasteiger partial charge in [0.15, 0.2) is 0 Å². The molecule has 1 amide bonds. The minimum absolute atomic E-state index is 0.0246. The fourth-order valence-corrected chi connectivity index (χ4v) is 2.31. The van der Waals surface area contributed by atoms with Crippen molar-refractivity contribution in [1.82, 2.24) is 4.90 Å². The SMILES string of the molecule is CC(C)C(C#N)C(=O)N1CCCC(C)C1C. The van der Waals surface area contributed by atoms with Crippen LogP contribution in [0.25, 0.3) is 0 Å². The first-order valence-electron chi connectivity index (χ1n) is 6.19. The van der Waals surface area contributed by atoms with Gasteiger partial charge in [-0.15, -0.1) is 0 Å². The lowest BCUT2D eigenvalue weighted by molar-refractivity contribution is -0.139. The highest BCUT2D eigenvalue weighted by Crippen LogP contribution is 2.25. The van der Waals surface area contributed by atoms with E-state index in [1.807, 2.05) is 18.7 Å². The molecule has 3 heteroatoms. The summed E-state index contributed by atoms with van der Waals surface area (Å²) >= 11 is 0. The van der Waals surface area contributed by atoms with Crippen LogP contribution in [-0.4, -0.2) is 23.4 Å². The number of likely N-dealkylation sites (tertiary alicyclic amines) is 1. The fraction of sp³-hybridized carbons (Fsp3) is 0.846. The number of amides is 1. The first kappa shape index (κ1) is 13.0. The first-order valence-corrected chi connectivity index (χ1v) is 6.19. The Morgan fingerprint density at radius 2 is 2.06 bits per heavy atom. The van der Waals surface area contributed by atoms with Crippen molar-refractivity contribution in [1.29, 1.82) is 5.26 Å². The van der Waals surface area contributed by atoms with Crippen LogP contribution in [0.5, 0.6) is 0 Å². The predicted octanol–water partition coefficient (Wildman–Crippen LogP) is 2.43. The van der Waals surface area contributed by atoms with Crippen LogP contribution in [0.2, 0.25) is 0 Å². The molecule has 1 rings (SSSR count). The van der Waals surface area contributed by atoms with Crippen molar-refractivity contribution in [3.05, 3.63) is 0 Å². The van der Waals surface area contributed by atoms with Crippen molar-refractivity contribution in [3.63, 3.8) is 0 Å². The lowest BCUT2D eigenvalue weighted by Crippen LogP contribution is -2.49. The summed E-state index contributed by atoms with van der Waals surface area (Å²) in [5.74, 6) is 0.190. The second-order valence-electron chi connectivity index (χ2n) is 5.24. The van der Waals surface area contributed by atoms with Crippen molar-refractivity contribution in [2.75, 3.05) is 6.54 Å². The Morgan fingerprint density at radius 1 is 1.44 bits per heavy atom. The van der Waals surface area contributed by atoms with E-state index >= 15 is 0 Å². The number of nitriles is 1. The second-order valence-corrected chi connectivity index (χ2v) is 5.24. The summed E-state index contributed by atoms with van der Waals surface area (Å²) in [5.41, 5.74) is 0. The third-order valence-corrected chi connectivity index (χ3v) is 3.73. The summed E-state index contributed by atoms with van der Waals surface area (Å²) in [6.07, 6.45) is 2.25. The Bertz CT molecular complexity index is 293. The minimum Gasteiger partial charge on any atom is -0.339 e. The summed E-state index contributed by atoms with van der Waals surface area (Å²) in [5, 5.41) is 9.05. The molecule has 1 aliphatic heterocycles. The Labute approximate surface area is 98.4 Å². The van der Waals surface area contributed by atoms with E-state index in [9.17, 15) is 4.79 Å². The Morgan fingerprint density at radius 3 is 2.56 bits per heavy atom. The highest BCUT2D eigenvalue weighted by Gasteiger charge is 2.33. The topological polar surface area (TPSA) is 44.1 Å². The van der Waals surface area contributed by atoms with Crippen molar-refractivity contribution in [2.24, 2.45) is 17.8 Å². The van der Waals surface area contributed by atoms with E-state index in [0.29, 0.717) is 5.92 Å². The quantitative estimate of drug-likeness (QED) is 0.720. The van der Waals surface area contributed by atoms with E-state index in [2.05, 4.69) is 19.9 Å². The van der Waals surface area contributed by atoms with E-state index in [0.717, 1.165) is 13.0 Å². The van der Waals surface area contributed by atoms with Crippen molar-refractivity contribution >= 4 is 5.91 Å². The van der Waals surface area contributed by atoms with Crippen LogP contribution in [0.1, 0.15) is 40.5 Å². The molecule has 16 heavy (non-hydrogen) atoms. The highest BCUT2D eigenvalue weighted by molar-refractivity contribution is 5.81. The van der Waals surface area contributed by atoms with Gasteiger partial charge in [0, 0.05) is 12.6 Å². The summed E-state index contributed by atoms with van der Waals surface area (Å²) in [6, 6.07) is 2.42. The normalized spacial score (nSPS) is 27.6. The van der Waals surface area contributed by atoms with Gasteiger partial charge < -0.3 is 4.90 Å². The van der Waals surface area contributed by atoms with Crippen molar-refractivity contribution < 1.29 is 4.79 Å². The number of nitrogens with zero attached hydrogens (tertiary/aromatic N) is 2. The Hall–Kier alpha value is -1.04. The maximum Gasteiger partial charge on any atom is 0.240 e. The van der Waals surface area contributed by atoms with Crippen LogP contribution in [-0.2, 0) is 4.79 Å². The van der Waals surface area contributed by atoms with Crippen LogP contribution in [0, 0.1) is 29.1 Å². The standard InChI is InChI=1S/C13H22N2O/c1-9(2)12(8-14)13(16)15-7-5-6-10(3)11(15)4/h9-12H,5-7H2,1-4H3. The Kier molecular flexibility index (Phi) is 4.35. The van der Waals surface area contributed by atoms with Crippen LogP contribution in [0.4, 0.5) is 0 Å². The lowest BCUT2D eigenvalue weighted by Gasteiger charge is -2.39. The molecule has 90 valence electrons. The molecular formula is C13H22N2O. The van der Waals surface area contributed by atoms with E-state index in [-0.39, 0.29) is 17.9 Å². The zero-order chi connectivity index (χ0) is 12.3. The molecule has 1 aliphatic rings. The van der Waals surface area contributed by atoms with Gasteiger partial charge in [0.1, 0.15) is 5.92 Å². The molecule has 0 aliphatic carbocycles. The van der Waals surface area contributed by atoms with Crippen LogP contribution in [0.15, 0.2) is 0 Å². The molecular weight excluding hydrogens is 200 g/mol. The van der Waals surface area contributed by atoms with Gasteiger partial charge in [-0.05, 0) is 31.6 Å². The zero-order valence-electron chi connectivity index (χ0n) is 10.7. The summed E-state index contributed by atoms with van der Waals surface area (Å²) < 4.78 is 0. The number of carbonyl (C=O) groups excluding carboxylic acids is 1. The third-order valence-electron chi connectivity index (χ3n) is 3.73. The van der Waals surface area contributed by atoms with Gasteiger partial charge in [-0.25, -0.2) is 0 Å². The number of carbonyl (C=O) groups is 1. The average molecular weight is 222 g/mol. The molecule has 3 atom stereocenters. The third kappa shape index (κ3) is 2.55. The van der Waals surface area contributed by atoms with Gasteiger partial charge in [0.25, 0.3) is 0 Å². The molecule has 3 unspecified atom stereocenters. The molecule has 0 radical (unpaired) electrons. The van der Waals surface area contributed by atoms with Gasteiger partial charge >= 0.3 is 0 Å². The maximum atomic E-state index is 12.2. The molecule has 0 bridgehead atoms. The van der Waals surface area contributed by atoms with Gasteiger partial charge in [-0.3, -0.25) is 4.79 Å². The first-order chi connectivity index (χ1) is 7.49. The van der Waals surface area contributed by atoms with Crippen molar-refractivity contribution in [3.8, 4) is 6.07 Å². The Balaban J connectivity index is 2.76.